The van der Waals surface area contributed by atoms with Gasteiger partial charge in [0.15, 0.2) is 5.84 Å². The molecule has 3 N–H and O–H groups in total. The van der Waals surface area contributed by atoms with Crippen LogP contribution in [0, 0.1) is 0 Å². The summed E-state index contributed by atoms with van der Waals surface area (Å²) in [4.78, 5) is 2.13. The first-order valence-electron chi connectivity index (χ1n) is 6.09. The molecule has 18 heavy (non-hydrogen) atoms. The molecule has 100 valence electrons. The minimum absolute atomic E-state index is 0.125. The van der Waals surface area contributed by atoms with Crippen molar-refractivity contribution >= 4 is 27.5 Å². The largest absolute Gasteiger partial charge is 0.409 e. The molecule has 0 spiro atoms. The fourth-order valence-corrected chi connectivity index (χ4v) is 2.41. The van der Waals surface area contributed by atoms with Gasteiger partial charge in [-0.3, -0.25) is 0 Å². The fourth-order valence-electron chi connectivity index (χ4n) is 1.85. The van der Waals surface area contributed by atoms with E-state index in [2.05, 4.69) is 32.9 Å². The Labute approximate surface area is 117 Å². The molecule has 0 radical (unpaired) electrons. The number of amidine groups is 1. The van der Waals surface area contributed by atoms with E-state index in [9.17, 15) is 0 Å². The highest BCUT2D eigenvalue weighted by Crippen LogP contribution is 2.27. The van der Waals surface area contributed by atoms with Crippen LogP contribution in [0.3, 0.4) is 0 Å². The zero-order valence-corrected chi connectivity index (χ0v) is 12.4. The third-order valence-electron chi connectivity index (χ3n) is 2.86. The second-order valence-electron chi connectivity index (χ2n) is 4.25. The van der Waals surface area contributed by atoms with Crippen molar-refractivity contribution in [3.8, 4) is 0 Å². The summed E-state index contributed by atoms with van der Waals surface area (Å²) in [7, 11) is 2.02. The molecule has 0 saturated carbocycles. The monoisotopic (exact) mass is 313 g/mol. The van der Waals surface area contributed by atoms with E-state index in [-0.39, 0.29) is 5.84 Å². The van der Waals surface area contributed by atoms with E-state index in [1.807, 2.05) is 25.2 Å². The number of benzene rings is 1. The number of unbranched alkanes of at least 4 members (excludes halogenated alkanes) is 2. The first kappa shape index (κ1) is 14.8. The van der Waals surface area contributed by atoms with Gasteiger partial charge in [-0.05, 0) is 34.5 Å². The summed E-state index contributed by atoms with van der Waals surface area (Å²) in [6, 6.07) is 5.81. The molecule has 0 aliphatic carbocycles. The summed E-state index contributed by atoms with van der Waals surface area (Å²) in [6.45, 7) is 3.14. The molecule has 0 aromatic heterocycles. The number of hydrogen-bond acceptors (Lipinski definition) is 3. The molecule has 4 nitrogen and oxygen atoms in total. The molecule has 0 atom stereocenters. The van der Waals surface area contributed by atoms with Crippen LogP contribution in [0.4, 0.5) is 5.69 Å². The highest BCUT2D eigenvalue weighted by molar-refractivity contribution is 9.10. The van der Waals surface area contributed by atoms with Crippen LogP contribution in [0.15, 0.2) is 27.8 Å². The molecule has 0 bridgehead atoms. The van der Waals surface area contributed by atoms with E-state index in [1.165, 1.54) is 12.8 Å². The van der Waals surface area contributed by atoms with Crippen LogP contribution in [0.5, 0.6) is 0 Å². The molecule has 1 aromatic carbocycles. The van der Waals surface area contributed by atoms with Gasteiger partial charge in [0.05, 0.1) is 5.56 Å². The number of nitrogens with two attached hydrogens (primary N) is 1. The van der Waals surface area contributed by atoms with Gasteiger partial charge < -0.3 is 15.8 Å². The number of hydrogen-bond donors (Lipinski definition) is 2. The van der Waals surface area contributed by atoms with Crippen LogP contribution in [0.25, 0.3) is 0 Å². The minimum atomic E-state index is 0.125. The molecule has 0 fully saturated rings. The second-order valence-corrected chi connectivity index (χ2v) is 5.10. The quantitative estimate of drug-likeness (QED) is 0.279. The molecular weight excluding hydrogens is 294 g/mol. The zero-order valence-electron chi connectivity index (χ0n) is 10.9. The van der Waals surface area contributed by atoms with Gasteiger partial charge in [-0.25, -0.2) is 0 Å². The topological polar surface area (TPSA) is 61.8 Å². The predicted molar refractivity (Wildman–Crippen MR) is 79.4 cm³/mol. The van der Waals surface area contributed by atoms with Crippen molar-refractivity contribution in [2.45, 2.75) is 26.2 Å². The van der Waals surface area contributed by atoms with Crippen molar-refractivity contribution in [1.82, 2.24) is 0 Å². The van der Waals surface area contributed by atoms with Gasteiger partial charge >= 0.3 is 0 Å². The average molecular weight is 314 g/mol. The SMILES string of the molecule is CCCCCN(C)c1cccc(Br)c1/C(N)=N/O. The molecule has 0 heterocycles. The van der Waals surface area contributed by atoms with Gasteiger partial charge in [-0.15, -0.1) is 0 Å². The lowest BCUT2D eigenvalue weighted by Gasteiger charge is -2.22. The molecular formula is C13H20BrN3O. The van der Waals surface area contributed by atoms with Crippen LogP contribution >= 0.6 is 15.9 Å². The van der Waals surface area contributed by atoms with Gasteiger partial charge in [0.1, 0.15) is 0 Å². The molecule has 1 aromatic rings. The first-order chi connectivity index (χ1) is 8.61. The maximum absolute atomic E-state index is 8.86. The van der Waals surface area contributed by atoms with Crippen LogP contribution in [0.2, 0.25) is 0 Å². The van der Waals surface area contributed by atoms with Crippen molar-refractivity contribution in [3.63, 3.8) is 0 Å². The van der Waals surface area contributed by atoms with Gasteiger partial charge in [-0.1, -0.05) is 31.0 Å². The second kappa shape index (κ2) is 7.26. The third-order valence-corrected chi connectivity index (χ3v) is 3.52. The smallest absolute Gasteiger partial charge is 0.173 e. The average Bonchev–Trinajstić information content (AvgIpc) is 2.37. The Hall–Kier alpha value is -1.23. The minimum Gasteiger partial charge on any atom is -0.409 e. The molecule has 1 rings (SSSR count). The van der Waals surface area contributed by atoms with Crippen molar-refractivity contribution in [3.05, 3.63) is 28.2 Å². The molecule has 0 unspecified atom stereocenters. The van der Waals surface area contributed by atoms with E-state index >= 15 is 0 Å². The highest BCUT2D eigenvalue weighted by atomic mass is 79.9. The van der Waals surface area contributed by atoms with Gasteiger partial charge in [0, 0.05) is 23.8 Å². The van der Waals surface area contributed by atoms with Crippen molar-refractivity contribution < 1.29 is 5.21 Å². The Morgan fingerprint density at radius 1 is 1.44 bits per heavy atom. The Balaban J connectivity index is 2.97. The maximum atomic E-state index is 8.86. The lowest BCUT2D eigenvalue weighted by atomic mass is 10.1. The first-order valence-corrected chi connectivity index (χ1v) is 6.88. The summed E-state index contributed by atoms with van der Waals surface area (Å²) >= 11 is 3.44. The Bertz CT molecular complexity index is 421. The number of anilines is 1. The third kappa shape index (κ3) is 3.63. The van der Waals surface area contributed by atoms with Crippen molar-refractivity contribution in [1.29, 1.82) is 0 Å². The van der Waals surface area contributed by atoms with Gasteiger partial charge in [-0.2, -0.15) is 0 Å². The molecule has 0 amide bonds. The highest BCUT2D eigenvalue weighted by Gasteiger charge is 2.14. The van der Waals surface area contributed by atoms with E-state index < -0.39 is 0 Å². The van der Waals surface area contributed by atoms with E-state index in [0.717, 1.165) is 28.7 Å². The Morgan fingerprint density at radius 3 is 2.78 bits per heavy atom. The van der Waals surface area contributed by atoms with E-state index in [4.69, 9.17) is 10.9 Å². The lowest BCUT2D eigenvalue weighted by Crippen LogP contribution is -2.24. The summed E-state index contributed by atoms with van der Waals surface area (Å²) in [5.41, 5.74) is 7.44. The molecule has 0 saturated heterocycles. The summed E-state index contributed by atoms with van der Waals surface area (Å²) < 4.78 is 0.831. The summed E-state index contributed by atoms with van der Waals surface area (Å²) in [6.07, 6.45) is 3.53. The zero-order chi connectivity index (χ0) is 13.5. The van der Waals surface area contributed by atoms with Gasteiger partial charge in [0.2, 0.25) is 0 Å². The number of halogens is 1. The van der Waals surface area contributed by atoms with Crippen molar-refractivity contribution in [2.75, 3.05) is 18.5 Å². The van der Waals surface area contributed by atoms with E-state index in [0.29, 0.717) is 0 Å². The van der Waals surface area contributed by atoms with Crippen LogP contribution in [0.1, 0.15) is 31.7 Å². The maximum Gasteiger partial charge on any atom is 0.173 e. The normalized spacial score (nSPS) is 11.6. The van der Waals surface area contributed by atoms with Gasteiger partial charge in [0.25, 0.3) is 0 Å². The Morgan fingerprint density at radius 2 is 2.17 bits per heavy atom. The summed E-state index contributed by atoms with van der Waals surface area (Å²) in [5, 5.41) is 12.0. The molecule has 0 aliphatic heterocycles. The number of rotatable bonds is 6. The molecule has 0 aliphatic rings. The van der Waals surface area contributed by atoms with Crippen LogP contribution in [-0.4, -0.2) is 24.6 Å². The standard InChI is InChI=1S/C13H20BrN3O/c1-3-4-5-9-17(2)11-8-6-7-10(14)12(11)13(15)16-18/h6-8,18H,3-5,9H2,1-2H3,(H2,15,16). The predicted octanol–water partition coefficient (Wildman–Crippen LogP) is 3.17. The lowest BCUT2D eigenvalue weighted by molar-refractivity contribution is 0.318. The number of nitrogens with zero attached hydrogens (tertiary/aromatic N) is 2. The Kier molecular flexibility index (Phi) is 5.98. The van der Waals surface area contributed by atoms with Crippen LogP contribution < -0.4 is 10.6 Å². The van der Waals surface area contributed by atoms with E-state index in [1.54, 1.807) is 0 Å². The van der Waals surface area contributed by atoms with Crippen LogP contribution in [-0.2, 0) is 0 Å². The number of oxime groups is 1. The summed E-state index contributed by atoms with van der Waals surface area (Å²) in [5.74, 6) is 0.125. The van der Waals surface area contributed by atoms with Crippen molar-refractivity contribution in [2.24, 2.45) is 10.9 Å². The molecule has 5 heteroatoms. The fraction of sp³-hybridized carbons (Fsp3) is 0.462.